The van der Waals surface area contributed by atoms with Crippen molar-refractivity contribution in [1.82, 2.24) is 0 Å². The van der Waals surface area contributed by atoms with E-state index in [9.17, 15) is 0 Å². The molecule has 0 amide bonds. The summed E-state index contributed by atoms with van der Waals surface area (Å²) in [6.45, 7) is 0.0991. The van der Waals surface area contributed by atoms with Crippen molar-refractivity contribution in [2.24, 2.45) is 0 Å². The molecule has 0 aliphatic rings. The van der Waals surface area contributed by atoms with Crippen molar-refractivity contribution in [3.63, 3.8) is 0 Å². The molecule has 0 heterocycles. The minimum Gasteiger partial charge on any atom is -0.497 e. The van der Waals surface area contributed by atoms with Crippen LogP contribution in [0.3, 0.4) is 0 Å². The number of hydrogen-bond acceptors (Lipinski definition) is 2. The number of ether oxygens (including phenoxy) is 1. The molecule has 0 aromatic heterocycles. The molecule has 0 saturated heterocycles. The first-order valence-corrected chi connectivity index (χ1v) is 4.06. The van der Waals surface area contributed by atoms with Crippen molar-refractivity contribution in [2.75, 3.05) is 13.7 Å². The number of aliphatic hydroxyl groups is 1. The summed E-state index contributed by atoms with van der Waals surface area (Å²) >= 11 is 0. The summed E-state index contributed by atoms with van der Waals surface area (Å²) in [5.41, 5.74) is 1.76. The van der Waals surface area contributed by atoms with Crippen LogP contribution in [0.2, 0.25) is 0 Å². The van der Waals surface area contributed by atoms with Gasteiger partial charge in [-0.1, -0.05) is 5.92 Å². The Morgan fingerprint density at radius 2 is 2.31 bits per heavy atom. The summed E-state index contributed by atoms with van der Waals surface area (Å²) in [6, 6.07) is 5.49. The molecule has 0 saturated carbocycles. The molecule has 0 atom stereocenters. The van der Waals surface area contributed by atoms with E-state index in [2.05, 4.69) is 5.92 Å². The third-order valence-corrected chi connectivity index (χ3v) is 1.85. The van der Waals surface area contributed by atoms with E-state index >= 15 is 0 Å². The molecule has 0 bridgehead atoms. The van der Waals surface area contributed by atoms with Crippen molar-refractivity contribution in [2.45, 2.75) is 6.42 Å². The highest BCUT2D eigenvalue weighted by atomic mass is 16.5. The van der Waals surface area contributed by atoms with E-state index < -0.39 is 0 Å². The van der Waals surface area contributed by atoms with Gasteiger partial charge in [-0.2, -0.15) is 0 Å². The van der Waals surface area contributed by atoms with Crippen LogP contribution in [-0.2, 0) is 6.42 Å². The maximum atomic E-state index is 8.79. The Labute approximate surface area is 78.2 Å². The van der Waals surface area contributed by atoms with Gasteiger partial charge in [0.1, 0.15) is 5.75 Å². The molecule has 68 valence electrons. The zero-order valence-electron chi connectivity index (χ0n) is 7.58. The van der Waals surface area contributed by atoms with Gasteiger partial charge in [-0.3, -0.25) is 0 Å². The van der Waals surface area contributed by atoms with Gasteiger partial charge in [0.25, 0.3) is 0 Å². The van der Waals surface area contributed by atoms with Crippen LogP contribution in [-0.4, -0.2) is 18.8 Å². The van der Waals surface area contributed by atoms with Crippen LogP contribution in [0.4, 0.5) is 0 Å². The Balaban J connectivity index is 3.04. The van der Waals surface area contributed by atoms with Gasteiger partial charge in [0, 0.05) is 12.2 Å². The second-order valence-electron chi connectivity index (χ2n) is 2.64. The van der Waals surface area contributed by atoms with Crippen LogP contribution in [0.1, 0.15) is 11.1 Å². The quantitative estimate of drug-likeness (QED) is 0.701. The zero-order chi connectivity index (χ0) is 9.68. The summed E-state index contributed by atoms with van der Waals surface area (Å²) in [5.74, 6) is 3.33. The molecule has 1 rings (SSSR count). The molecule has 0 unspecified atom stereocenters. The molecule has 13 heavy (non-hydrogen) atoms. The average molecular weight is 176 g/mol. The second-order valence-corrected chi connectivity index (χ2v) is 2.64. The van der Waals surface area contributed by atoms with E-state index in [0.717, 1.165) is 16.9 Å². The fourth-order valence-electron chi connectivity index (χ4n) is 1.17. The second kappa shape index (κ2) is 4.54. The number of benzene rings is 1. The molecule has 1 aromatic rings. The highest BCUT2D eigenvalue weighted by molar-refractivity contribution is 5.44. The highest BCUT2D eigenvalue weighted by Crippen LogP contribution is 2.17. The molecule has 0 spiro atoms. The van der Waals surface area contributed by atoms with Crippen LogP contribution in [0, 0.1) is 12.3 Å². The summed E-state index contributed by atoms with van der Waals surface area (Å²) in [6.07, 6.45) is 5.87. The first kappa shape index (κ1) is 9.63. The fourth-order valence-corrected chi connectivity index (χ4v) is 1.17. The van der Waals surface area contributed by atoms with Crippen molar-refractivity contribution < 1.29 is 9.84 Å². The molecular weight excluding hydrogens is 164 g/mol. The third kappa shape index (κ3) is 2.24. The van der Waals surface area contributed by atoms with Crippen LogP contribution >= 0.6 is 0 Å². The molecule has 1 aromatic carbocycles. The largest absolute Gasteiger partial charge is 0.497 e. The van der Waals surface area contributed by atoms with Gasteiger partial charge in [-0.05, 0) is 30.2 Å². The van der Waals surface area contributed by atoms with Crippen LogP contribution < -0.4 is 4.74 Å². The van der Waals surface area contributed by atoms with Crippen molar-refractivity contribution in [3.8, 4) is 18.1 Å². The number of terminal acetylenes is 1. The highest BCUT2D eigenvalue weighted by Gasteiger charge is 2.01. The first-order valence-electron chi connectivity index (χ1n) is 4.06. The minimum absolute atomic E-state index is 0.0991. The summed E-state index contributed by atoms with van der Waals surface area (Å²) < 4.78 is 5.05. The van der Waals surface area contributed by atoms with Gasteiger partial charge in [-0.25, -0.2) is 0 Å². The fraction of sp³-hybridized carbons (Fsp3) is 0.273. The minimum atomic E-state index is 0.0991. The number of hydrogen-bond donors (Lipinski definition) is 1. The molecule has 2 heteroatoms. The van der Waals surface area contributed by atoms with E-state index in [-0.39, 0.29) is 6.61 Å². The average Bonchev–Trinajstić information content (AvgIpc) is 2.18. The van der Waals surface area contributed by atoms with Gasteiger partial charge >= 0.3 is 0 Å². The molecular formula is C11H12O2. The Morgan fingerprint density at radius 1 is 1.54 bits per heavy atom. The summed E-state index contributed by atoms with van der Waals surface area (Å²) in [7, 11) is 1.60. The molecule has 0 aliphatic carbocycles. The third-order valence-electron chi connectivity index (χ3n) is 1.85. The van der Waals surface area contributed by atoms with Gasteiger partial charge in [-0.15, -0.1) is 6.42 Å². The lowest BCUT2D eigenvalue weighted by Gasteiger charge is -2.05. The van der Waals surface area contributed by atoms with Gasteiger partial charge in [0.15, 0.2) is 0 Å². The first-order chi connectivity index (χ1) is 6.31. The van der Waals surface area contributed by atoms with Crippen molar-refractivity contribution in [1.29, 1.82) is 0 Å². The van der Waals surface area contributed by atoms with Crippen LogP contribution in [0.15, 0.2) is 18.2 Å². The van der Waals surface area contributed by atoms with Crippen LogP contribution in [0.5, 0.6) is 5.75 Å². The van der Waals surface area contributed by atoms with E-state index in [1.165, 1.54) is 0 Å². The number of methoxy groups -OCH3 is 1. The lowest BCUT2D eigenvalue weighted by Crippen LogP contribution is -1.95. The normalized spacial score (nSPS) is 9.31. The monoisotopic (exact) mass is 176 g/mol. The number of aliphatic hydroxyl groups excluding tert-OH is 1. The maximum Gasteiger partial charge on any atom is 0.119 e. The Bertz CT molecular complexity index is 323. The maximum absolute atomic E-state index is 8.79. The smallest absolute Gasteiger partial charge is 0.119 e. The Morgan fingerprint density at radius 3 is 2.85 bits per heavy atom. The predicted molar refractivity (Wildman–Crippen MR) is 51.7 cm³/mol. The van der Waals surface area contributed by atoms with Gasteiger partial charge in [0.05, 0.1) is 7.11 Å². The van der Waals surface area contributed by atoms with E-state index in [1.807, 2.05) is 18.2 Å². The Hall–Kier alpha value is -1.46. The summed E-state index contributed by atoms with van der Waals surface area (Å²) in [4.78, 5) is 0. The number of rotatable bonds is 3. The van der Waals surface area contributed by atoms with Crippen molar-refractivity contribution in [3.05, 3.63) is 29.3 Å². The SMILES string of the molecule is C#Cc1ccc(OC)cc1CCO. The molecule has 0 radical (unpaired) electrons. The van der Waals surface area contributed by atoms with Gasteiger partial charge in [0.2, 0.25) is 0 Å². The van der Waals surface area contributed by atoms with Gasteiger partial charge < -0.3 is 9.84 Å². The van der Waals surface area contributed by atoms with Crippen molar-refractivity contribution >= 4 is 0 Å². The topological polar surface area (TPSA) is 29.5 Å². The predicted octanol–water partition coefficient (Wildman–Crippen LogP) is 1.21. The summed E-state index contributed by atoms with van der Waals surface area (Å²) in [5, 5.41) is 8.79. The van der Waals surface area contributed by atoms with E-state index in [0.29, 0.717) is 6.42 Å². The molecule has 0 aliphatic heterocycles. The lowest BCUT2D eigenvalue weighted by atomic mass is 10.1. The van der Waals surface area contributed by atoms with E-state index in [4.69, 9.17) is 16.3 Å². The Kier molecular flexibility index (Phi) is 3.36. The zero-order valence-corrected chi connectivity index (χ0v) is 7.58. The van der Waals surface area contributed by atoms with E-state index in [1.54, 1.807) is 7.11 Å². The standard InChI is InChI=1S/C11H12O2/c1-3-9-4-5-11(13-2)8-10(9)6-7-12/h1,4-5,8,12H,6-7H2,2H3. The molecule has 2 nitrogen and oxygen atoms in total. The lowest BCUT2D eigenvalue weighted by molar-refractivity contribution is 0.299. The van der Waals surface area contributed by atoms with Crippen LogP contribution in [0.25, 0.3) is 0 Å². The molecule has 0 fully saturated rings. The molecule has 1 N–H and O–H groups in total.